The lowest BCUT2D eigenvalue weighted by molar-refractivity contribution is -0.113. The van der Waals surface area contributed by atoms with E-state index in [9.17, 15) is 4.79 Å². The predicted molar refractivity (Wildman–Crippen MR) is 134 cm³/mol. The third kappa shape index (κ3) is 4.98. The van der Waals surface area contributed by atoms with Crippen molar-refractivity contribution < 1.29 is 4.79 Å². The molecule has 4 aromatic rings. The summed E-state index contributed by atoms with van der Waals surface area (Å²) in [5.41, 5.74) is 6.09. The fourth-order valence-electron chi connectivity index (χ4n) is 3.73. The number of nitrogens with one attached hydrogen (secondary N) is 1. The molecule has 0 spiro atoms. The minimum atomic E-state index is -0.0685. The number of rotatable bonds is 7. The zero-order valence-corrected chi connectivity index (χ0v) is 20.1. The Balaban J connectivity index is 1.62. The summed E-state index contributed by atoms with van der Waals surface area (Å²) in [5.74, 6) is 1.20. The Hall–Kier alpha value is -3.45. The lowest BCUT2D eigenvalue weighted by Gasteiger charge is -2.16. The van der Waals surface area contributed by atoms with E-state index in [1.165, 1.54) is 11.8 Å². The first-order valence-corrected chi connectivity index (χ1v) is 11.9. The largest absolute Gasteiger partial charge is 0.325 e. The van der Waals surface area contributed by atoms with Crippen LogP contribution in [0.5, 0.6) is 0 Å². The molecule has 1 N–H and O–H groups in total. The van der Waals surface area contributed by atoms with Gasteiger partial charge in [0, 0.05) is 23.6 Å². The van der Waals surface area contributed by atoms with Crippen molar-refractivity contribution in [3.05, 3.63) is 83.7 Å². The van der Waals surface area contributed by atoms with E-state index in [-0.39, 0.29) is 11.7 Å². The monoisotopic (exact) mass is 457 g/mol. The number of aromatic nitrogens is 4. The number of amides is 1. The van der Waals surface area contributed by atoms with E-state index in [4.69, 9.17) is 0 Å². The van der Waals surface area contributed by atoms with Crippen LogP contribution in [0.2, 0.25) is 0 Å². The van der Waals surface area contributed by atoms with Gasteiger partial charge < -0.3 is 5.32 Å². The molecule has 0 saturated heterocycles. The number of hydrogen-bond acceptors (Lipinski definition) is 5. The van der Waals surface area contributed by atoms with Crippen LogP contribution in [0.3, 0.4) is 0 Å². The molecule has 7 heteroatoms. The van der Waals surface area contributed by atoms with E-state index in [0.717, 1.165) is 39.5 Å². The number of anilines is 1. The molecular formula is C26H27N5OS. The second-order valence-electron chi connectivity index (χ2n) is 8.19. The van der Waals surface area contributed by atoms with Gasteiger partial charge in [0.1, 0.15) is 0 Å². The van der Waals surface area contributed by atoms with Crippen molar-refractivity contribution in [2.24, 2.45) is 0 Å². The molecule has 0 aliphatic heterocycles. The van der Waals surface area contributed by atoms with Crippen LogP contribution in [-0.2, 0) is 4.79 Å². The van der Waals surface area contributed by atoms with Crippen LogP contribution in [0.4, 0.5) is 5.69 Å². The maximum Gasteiger partial charge on any atom is 0.234 e. The first-order valence-electron chi connectivity index (χ1n) is 10.9. The number of para-hydroxylation sites is 2. The van der Waals surface area contributed by atoms with E-state index < -0.39 is 0 Å². The van der Waals surface area contributed by atoms with Crippen LogP contribution in [0.25, 0.3) is 17.1 Å². The summed E-state index contributed by atoms with van der Waals surface area (Å²) < 4.78 is 2.01. The molecule has 168 valence electrons. The molecule has 33 heavy (non-hydrogen) atoms. The number of aryl methyl sites for hydroxylation is 2. The van der Waals surface area contributed by atoms with Gasteiger partial charge in [-0.15, -0.1) is 10.2 Å². The Morgan fingerprint density at radius 3 is 2.42 bits per heavy atom. The van der Waals surface area contributed by atoms with Crippen LogP contribution in [-0.4, -0.2) is 31.4 Å². The zero-order chi connectivity index (χ0) is 23.4. The topological polar surface area (TPSA) is 72.7 Å². The molecule has 0 radical (unpaired) electrons. The molecule has 0 saturated carbocycles. The van der Waals surface area contributed by atoms with Crippen molar-refractivity contribution >= 4 is 23.4 Å². The summed E-state index contributed by atoms with van der Waals surface area (Å²) in [6, 6.07) is 18.0. The molecule has 1 amide bonds. The van der Waals surface area contributed by atoms with Crippen molar-refractivity contribution in [3.63, 3.8) is 0 Å². The number of thioether (sulfide) groups is 1. The lowest BCUT2D eigenvalue weighted by atomic mass is 9.98. The van der Waals surface area contributed by atoms with Gasteiger partial charge in [-0.3, -0.25) is 14.3 Å². The minimum absolute atomic E-state index is 0.0685. The average Bonchev–Trinajstić information content (AvgIpc) is 3.23. The van der Waals surface area contributed by atoms with E-state index in [1.54, 1.807) is 12.4 Å². The highest BCUT2D eigenvalue weighted by atomic mass is 32.2. The summed E-state index contributed by atoms with van der Waals surface area (Å²) in [6.45, 7) is 8.33. The molecule has 0 fully saturated rings. The molecule has 2 heterocycles. The van der Waals surface area contributed by atoms with Crippen molar-refractivity contribution in [1.29, 1.82) is 0 Å². The number of hydrogen-bond donors (Lipinski definition) is 1. The molecule has 0 atom stereocenters. The molecule has 0 unspecified atom stereocenters. The molecular weight excluding hydrogens is 430 g/mol. The first kappa shape index (κ1) is 22.7. The number of pyridine rings is 1. The highest BCUT2D eigenvalue weighted by Crippen LogP contribution is 2.30. The third-order valence-corrected chi connectivity index (χ3v) is 6.38. The molecule has 2 aromatic carbocycles. The average molecular weight is 458 g/mol. The Bertz CT molecular complexity index is 1270. The second-order valence-corrected chi connectivity index (χ2v) is 9.14. The van der Waals surface area contributed by atoms with E-state index in [2.05, 4.69) is 53.4 Å². The van der Waals surface area contributed by atoms with Crippen LogP contribution in [0.15, 0.2) is 72.1 Å². The normalized spacial score (nSPS) is 11.1. The fraction of sp³-hybridized carbons (Fsp3) is 0.231. The summed E-state index contributed by atoms with van der Waals surface area (Å²) in [4.78, 5) is 17.0. The second kappa shape index (κ2) is 10.0. The number of nitrogens with zero attached hydrogens (tertiary/aromatic N) is 4. The highest BCUT2D eigenvalue weighted by molar-refractivity contribution is 7.99. The van der Waals surface area contributed by atoms with Crippen molar-refractivity contribution in [1.82, 2.24) is 19.7 Å². The standard InChI is InChI=1S/C26H27N5OS/c1-17(2)21-10-7-9-19(4)24(21)28-23(32)16-33-26-30-29-25(20-12-14-27-15-13-20)31(26)22-11-6-5-8-18(22)3/h5-15,17H,16H2,1-4H3,(H,28,32). The van der Waals surface area contributed by atoms with Crippen molar-refractivity contribution in [3.8, 4) is 17.1 Å². The van der Waals surface area contributed by atoms with Gasteiger partial charge in [0.25, 0.3) is 0 Å². The predicted octanol–water partition coefficient (Wildman–Crippen LogP) is 5.80. The quantitative estimate of drug-likeness (QED) is 0.355. The van der Waals surface area contributed by atoms with Crippen LogP contribution in [0.1, 0.15) is 36.5 Å². The van der Waals surface area contributed by atoms with Gasteiger partial charge in [-0.2, -0.15) is 0 Å². The highest BCUT2D eigenvalue weighted by Gasteiger charge is 2.19. The summed E-state index contributed by atoms with van der Waals surface area (Å²) in [6.07, 6.45) is 3.47. The lowest BCUT2D eigenvalue weighted by Crippen LogP contribution is -2.17. The zero-order valence-electron chi connectivity index (χ0n) is 19.2. The molecule has 6 nitrogen and oxygen atoms in total. The molecule has 0 aliphatic rings. The number of carbonyl (C=O) groups excluding carboxylic acids is 1. The Morgan fingerprint density at radius 2 is 1.70 bits per heavy atom. The number of carbonyl (C=O) groups is 1. The van der Waals surface area contributed by atoms with E-state index in [1.807, 2.05) is 54.0 Å². The summed E-state index contributed by atoms with van der Waals surface area (Å²) in [7, 11) is 0. The van der Waals surface area contributed by atoms with Crippen LogP contribution >= 0.6 is 11.8 Å². The Labute approximate surface area is 198 Å². The molecule has 4 rings (SSSR count). The summed E-state index contributed by atoms with van der Waals surface area (Å²) >= 11 is 1.38. The molecule has 2 aromatic heterocycles. The van der Waals surface area contributed by atoms with Gasteiger partial charge in [-0.1, -0.05) is 62.0 Å². The van der Waals surface area contributed by atoms with Gasteiger partial charge in [0.15, 0.2) is 11.0 Å². The Kier molecular flexibility index (Phi) is 6.89. The maximum atomic E-state index is 12.9. The maximum absolute atomic E-state index is 12.9. The van der Waals surface area contributed by atoms with Crippen molar-refractivity contribution in [2.75, 3.05) is 11.1 Å². The van der Waals surface area contributed by atoms with Crippen LogP contribution < -0.4 is 5.32 Å². The Morgan fingerprint density at radius 1 is 0.970 bits per heavy atom. The smallest absolute Gasteiger partial charge is 0.234 e. The van der Waals surface area contributed by atoms with Gasteiger partial charge in [-0.05, 0) is 54.7 Å². The van der Waals surface area contributed by atoms with Gasteiger partial charge in [0.2, 0.25) is 5.91 Å². The molecule has 0 aliphatic carbocycles. The number of benzene rings is 2. The minimum Gasteiger partial charge on any atom is -0.325 e. The fourth-order valence-corrected chi connectivity index (χ4v) is 4.48. The SMILES string of the molecule is Cc1ccccc1-n1c(SCC(=O)Nc2c(C)cccc2C(C)C)nnc1-c1ccncc1. The van der Waals surface area contributed by atoms with Crippen LogP contribution in [0, 0.1) is 13.8 Å². The summed E-state index contributed by atoms with van der Waals surface area (Å²) in [5, 5.41) is 12.7. The third-order valence-electron chi connectivity index (χ3n) is 5.45. The van der Waals surface area contributed by atoms with E-state index in [0.29, 0.717) is 11.1 Å². The van der Waals surface area contributed by atoms with Crippen molar-refractivity contribution in [2.45, 2.75) is 38.8 Å². The van der Waals surface area contributed by atoms with Gasteiger partial charge in [-0.25, -0.2) is 0 Å². The van der Waals surface area contributed by atoms with Gasteiger partial charge >= 0.3 is 0 Å². The van der Waals surface area contributed by atoms with Gasteiger partial charge in [0.05, 0.1) is 11.4 Å². The van der Waals surface area contributed by atoms with E-state index >= 15 is 0 Å². The first-order chi connectivity index (χ1) is 16.0. The molecule has 0 bridgehead atoms.